The second-order valence-electron chi connectivity index (χ2n) is 7.04. The van der Waals surface area contributed by atoms with Crippen molar-refractivity contribution in [3.8, 4) is 0 Å². The molecule has 0 aromatic rings. The molecule has 1 aliphatic rings. The highest BCUT2D eigenvalue weighted by Crippen LogP contribution is 2.39. The minimum absolute atomic E-state index is 0.464. The Morgan fingerprint density at radius 3 is 2.70 bits per heavy atom. The van der Waals surface area contributed by atoms with Crippen LogP contribution in [0, 0.1) is 11.3 Å². The molecule has 2 unspecified atom stereocenters. The first-order chi connectivity index (χ1) is 9.53. The van der Waals surface area contributed by atoms with E-state index in [2.05, 4.69) is 37.9 Å². The lowest BCUT2D eigenvalue weighted by Crippen LogP contribution is -2.49. The summed E-state index contributed by atoms with van der Waals surface area (Å²) in [7, 11) is 1.80. The molecular formula is C17H36N2O. The van der Waals surface area contributed by atoms with Gasteiger partial charge in [0.1, 0.15) is 0 Å². The summed E-state index contributed by atoms with van der Waals surface area (Å²) in [5, 5.41) is 3.62. The van der Waals surface area contributed by atoms with E-state index in [1.807, 2.05) is 0 Å². The molecule has 120 valence electrons. The summed E-state index contributed by atoms with van der Waals surface area (Å²) in [5.41, 5.74) is 0.464. The average molecular weight is 284 g/mol. The van der Waals surface area contributed by atoms with Crippen molar-refractivity contribution in [2.75, 3.05) is 39.9 Å². The quantitative estimate of drug-likeness (QED) is 0.704. The Hall–Kier alpha value is -0.120. The summed E-state index contributed by atoms with van der Waals surface area (Å²) < 4.78 is 5.29. The molecule has 1 N–H and O–H groups in total. The molecule has 1 fully saturated rings. The zero-order valence-electron chi connectivity index (χ0n) is 14.4. The maximum atomic E-state index is 5.29. The standard InChI is InChI=1S/C17H36N2O/c1-6-18-13-17(9-7-8-16(4)12-17)14-19(15(2)3)10-11-20-5/h15-16,18H,6-14H2,1-5H3. The van der Waals surface area contributed by atoms with Gasteiger partial charge >= 0.3 is 0 Å². The van der Waals surface area contributed by atoms with Gasteiger partial charge in [-0.1, -0.05) is 26.7 Å². The normalized spacial score (nSPS) is 27.4. The van der Waals surface area contributed by atoms with Gasteiger partial charge in [-0.2, -0.15) is 0 Å². The summed E-state index contributed by atoms with van der Waals surface area (Å²) in [5.74, 6) is 0.874. The third kappa shape index (κ3) is 5.71. The van der Waals surface area contributed by atoms with Gasteiger partial charge in [0, 0.05) is 32.8 Å². The SMILES string of the molecule is CCNCC1(CN(CCOC)C(C)C)CCCC(C)C1. The molecule has 0 radical (unpaired) electrons. The van der Waals surface area contributed by atoms with Gasteiger partial charge in [0.25, 0.3) is 0 Å². The molecule has 0 aromatic carbocycles. The van der Waals surface area contributed by atoms with E-state index in [0.717, 1.165) is 25.6 Å². The van der Waals surface area contributed by atoms with E-state index in [9.17, 15) is 0 Å². The third-order valence-corrected chi connectivity index (χ3v) is 4.79. The summed E-state index contributed by atoms with van der Waals surface area (Å²) >= 11 is 0. The molecule has 0 aliphatic heterocycles. The van der Waals surface area contributed by atoms with Crippen LogP contribution in [0.1, 0.15) is 53.4 Å². The number of nitrogens with one attached hydrogen (secondary N) is 1. The van der Waals surface area contributed by atoms with Gasteiger partial charge in [0.05, 0.1) is 6.61 Å². The van der Waals surface area contributed by atoms with Gasteiger partial charge in [-0.15, -0.1) is 0 Å². The van der Waals surface area contributed by atoms with E-state index in [-0.39, 0.29) is 0 Å². The molecule has 0 heterocycles. The van der Waals surface area contributed by atoms with Crippen LogP contribution in [0.15, 0.2) is 0 Å². The van der Waals surface area contributed by atoms with Crippen LogP contribution in [0.5, 0.6) is 0 Å². The number of ether oxygens (including phenoxy) is 1. The molecule has 0 amide bonds. The molecule has 20 heavy (non-hydrogen) atoms. The summed E-state index contributed by atoms with van der Waals surface area (Å²) in [6.45, 7) is 14.6. The Kier molecular flexibility index (Phi) is 8.08. The molecule has 0 spiro atoms. The number of hydrogen-bond donors (Lipinski definition) is 1. The fourth-order valence-corrected chi connectivity index (χ4v) is 3.68. The fraction of sp³-hybridized carbons (Fsp3) is 1.00. The predicted octanol–water partition coefficient (Wildman–Crippen LogP) is 3.15. The van der Waals surface area contributed by atoms with Crippen LogP contribution < -0.4 is 5.32 Å². The smallest absolute Gasteiger partial charge is 0.0589 e. The van der Waals surface area contributed by atoms with Crippen LogP contribution in [-0.4, -0.2) is 50.8 Å². The Bertz CT molecular complexity index is 257. The van der Waals surface area contributed by atoms with E-state index >= 15 is 0 Å². The highest BCUT2D eigenvalue weighted by Gasteiger charge is 2.36. The van der Waals surface area contributed by atoms with Crippen molar-refractivity contribution in [3.63, 3.8) is 0 Å². The average Bonchev–Trinajstić information content (AvgIpc) is 2.41. The van der Waals surface area contributed by atoms with Gasteiger partial charge in [-0.05, 0) is 44.6 Å². The first-order valence-electron chi connectivity index (χ1n) is 8.46. The van der Waals surface area contributed by atoms with Crippen LogP contribution in [0.25, 0.3) is 0 Å². The Balaban J connectivity index is 2.70. The van der Waals surface area contributed by atoms with E-state index < -0.39 is 0 Å². The van der Waals surface area contributed by atoms with Crippen molar-refractivity contribution in [1.82, 2.24) is 10.2 Å². The summed E-state index contributed by atoms with van der Waals surface area (Å²) in [6, 6.07) is 0.598. The molecule has 2 atom stereocenters. The second-order valence-corrected chi connectivity index (χ2v) is 7.04. The van der Waals surface area contributed by atoms with Crippen molar-refractivity contribution < 1.29 is 4.74 Å². The minimum atomic E-state index is 0.464. The topological polar surface area (TPSA) is 24.5 Å². The first kappa shape index (κ1) is 17.9. The predicted molar refractivity (Wildman–Crippen MR) is 87.2 cm³/mol. The zero-order chi connectivity index (χ0) is 15.0. The van der Waals surface area contributed by atoms with Gasteiger partial charge in [-0.3, -0.25) is 4.90 Å². The maximum Gasteiger partial charge on any atom is 0.0589 e. The molecular weight excluding hydrogens is 248 g/mol. The zero-order valence-corrected chi connectivity index (χ0v) is 14.4. The first-order valence-corrected chi connectivity index (χ1v) is 8.46. The highest BCUT2D eigenvalue weighted by molar-refractivity contribution is 4.90. The van der Waals surface area contributed by atoms with Crippen LogP contribution in [-0.2, 0) is 4.74 Å². The van der Waals surface area contributed by atoms with Crippen LogP contribution in [0.3, 0.4) is 0 Å². The van der Waals surface area contributed by atoms with Crippen molar-refractivity contribution in [2.45, 2.75) is 59.4 Å². The number of nitrogens with zero attached hydrogens (tertiary/aromatic N) is 1. The van der Waals surface area contributed by atoms with Crippen molar-refractivity contribution in [2.24, 2.45) is 11.3 Å². The van der Waals surface area contributed by atoms with Crippen molar-refractivity contribution in [1.29, 1.82) is 0 Å². The molecule has 0 bridgehead atoms. The molecule has 1 rings (SSSR count). The molecule has 1 aliphatic carbocycles. The van der Waals surface area contributed by atoms with Crippen LogP contribution >= 0.6 is 0 Å². The largest absolute Gasteiger partial charge is 0.383 e. The third-order valence-electron chi connectivity index (χ3n) is 4.79. The van der Waals surface area contributed by atoms with E-state index in [0.29, 0.717) is 11.5 Å². The van der Waals surface area contributed by atoms with E-state index in [1.54, 1.807) is 7.11 Å². The van der Waals surface area contributed by atoms with Gasteiger partial charge < -0.3 is 10.1 Å². The van der Waals surface area contributed by atoms with E-state index in [1.165, 1.54) is 38.8 Å². The molecule has 3 nitrogen and oxygen atoms in total. The van der Waals surface area contributed by atoms with Crippen molar-refractivity contribution in [3.05, 3.63) is 0 Å². The molecule has 0 aromatic heterocycles. The lowest BCUT2D eigenvalue weighted by Gasteiger charge is -2.44. The summed E-state index contributed by atoms with van der Waals surface area (Å²) in [6.07, 6.45) is 5.55. The van der Waals surface area contributed by atoms with Crippen LogP contribution in [0.2, 0.25) is 0 Å². The number of methoxy groups -OCH3 is 1. The van der Waals surface area contributed by atoms with Gasteiger partial charge in [0.2, 0.25) is 0 Å². The van der Waals surface area contributed by atoms with Crippen LogP contribution in [0.4, 0.5) is 0 Å². The lowest BCUT2D eigenvalue weighted by atomic mass is 9.69. The second kappa shape index (κ2) is 9.01. The molecule has 0 saturated heterocycles. The lowest BCUT2D eigenvalue weighted by molar-refractivity contribution is 0.0485. The molecule has 3 heteroatoms. The number of hydrogen-bond acceptors (Lipinski definition) is 3. The fourth-order valence-electron chi connectivity index (χ4n) is 3.68. The van der Waals surface area contributed by atoms with Crippen molar-refractivity contribution >= 4 is 0 Å². The summed E-state index contributed by atoms with van der Waals surface area (Å²) in [4.78, 5) is 2.61. The Labute approximate surface area is 126 Å². The Morgan fingerprint density at radius 2 is 2.15 bits per heavy atom. The Morgan fingerprint density at radius 1 is 1.40 bits per heavy atom. The monoisotopic (exact) mass is 284 g/mol. The van der Waals surface area contributed by atoms with Gasteiger partial charge in [-0.25, -0.2) is 0 Å². The highest BCUT2D eigenvalue weighted by atomic mass is 16.5. The molecule has 1 saturated carbocycles. The number of rotatable bonds is 9. The minimum Gasteiger partial charge on any atom is -0.383 e. The van der Waals surface area contributed by atoms with E-state index in [4.69, 9.17) is 4.74 Å². The van der Waals surface area contributed by atoms with Gasteiger partial charge in [0.15, 0.2) is 0 Å². The maximum absolute atomic E-state index is 5.29.